The van der Waals surface area contributed by atoms with Crippen molar-refractivity contribution in [3.8, 4) is 17.2 Å². The smallest absolute Gasteiger partial charge is 0.137 e. The molecule has 3 N–H and O–H groups in total. The molecular weight excluding hydrogens is 424 g/mol. The molecule has 34 heavy (non-hydrogen) atoms. The van der Waals surface area contributed by atoms with Gasteiger partial charge in [0.25, 0.3) is 0 Å². The second-order valence-electron chi connectivity index (χ2n) is 9.05. The van der Waals surface area contributed by atoms with Crippen molar-refractivity contribution < 1.29 is 10.2 Å². The molecule has 0 amide bonds. The summed E-state index contributed by atoms with van der Waals surface area (Å²) in [6.45, 7) is 2.96. The van der Waals surface area contributed by atoms with Crippen LogP contribution in [0.3, 0.4) is 0 Å². The molecule has 176 valence electrons. The molecule has 2 atom stereocenters. The van der Waals surface area contributed by atoms with Crippen LogP contribution in [0.4, 0.5) is 0 Å². The second-order valence-corrected chi connectivity index (χ2v) is 9.05. The van der Waals surface area contributed by atoms with Crippen LogP contribution in [0.1, 0.15) is 54.8 Å². The van der Waals surface area contributed by atoms with Gasteiger partial charge in [-0.25, -0.2) is 4.98 Å². The Kier molecular flexibility index (Phi) is 7.91. The Morgan fingerprint density at radius 1 is 1.15 bits per heavy atom. The molecule has 0 bridgehead atoms. The first-order valence-corrected chi connectivity index (χ1v) is 11.9. The lowest BCUT2D eigenvalue weighted by Gasteiger charge is -2.35. The summed E-state index contributed by atoms with van der Waals surface area (Å²) in [5, 5.41) is 31.5. The quantitative estimate of drug-likeness (QED) is 0.309. The molecule has 0 spiro atoms. The highest BCUT2D eigenvalue weighted by molar-refractivity contribution is 5.66. The molecule has 2 aromatic carbocycles. The van der Waals surface area contributed by atoms with Gasteiger partial charge in [0, 0.05) is 12.4 Å². The van der Waals surface area contributed by atoms with Gasteiger partial charge in [0.15, 0.2) is 0 Å². The SMILES string of the molecule is C[C@H](O)c1nccn1C(/C=C/c1ccc(-c2ccc(C3CC(CNCC#N)C3)cc2)cc1)CO. The summed E-state index contributed by atoms with van der Waals surface area (Å²) >= 11 is 0. The molecule has 3 aromatic rings. The van der Waals surface area contributed by atoms with Gasteiger partial charge in [-0.1, -0.05) is 60.7 Å². The van der Waals surface area contributed by atoms with Gasteiger partial charge in [0.2, 0.25) is 0 Å². The van der Waals surface area contributed by atoms with Gasteiger partial charge in [-0.3, -0.25) is 0 Å². The number of benzene rings is 2. The first-order valence-electron chi connectivity index (χ1n) is 11.9. The summed E-state index contributed by atoms with van der Waals surface area (Å²) in [4.78, 5) is 4.18. The Bertz CT molecular complexity index is 1120. The Hall–Kier alpha value is -3.24. The van der Waals surface area contributed by atoms with Crippen LogP contribution in [0.2, 0.25) is 0 Å². The van der Waals surface area contributed by atoms with Crippen molar-refractivity contribution in [1.29, 1.82) is 5.26 Å². The average Bonchev–Trinajstić information content (AvgIpc) is 3.32. The molecule has 1 aliphatic rings. The van der Waals surface area contributed by atoms with Crippen molar-refractivity contribution >= 4 is 6.08 Å². The lowest BCUT2D eigenvalue weighted by atomic mass is 9.71. The zero-order valence-corrected chi connectivity index (χ0v) is 19.5. The van der Waals surface area contributed by atoms with Crippen LogP contribution in [0.15, 0.2) is 67.0 Å². The number of nitrogens with one attached hydrogen (secondary N) is 1. The zero-order chi connectivity index (χ0) is 23.9. The van der Waals surface area contributed by atoms with Crippen LogP contribution in [-0.4, -0.2) is 39.5 Å². The molecule has 1 heterocycles. The molecule has 0 saturated heterocycles. The largest absolute Gasteiger partial charge is 0.394 e. The van der Waals surface area contributed by atoms with E-state index in [1.807, 2.05) is 12.2 Å². The molecular formula is C28H32N4O2. The number of imidazole rings is 1. The van der Waals surface area contributed by atoms with E-state index in [2.05, 4.69) is 64.9 Å². The molecule has 1 aromatic heterocycles. The third-order valence-corrected chi connectivity index (χ3v) is 6.63. The number of aliphatic hydroxyl groups excluding tert-OH is 2. The number of nitrogens with zero attached hydrogens (tertiary/aromatic N) is 3. The van der Waals surface area contributed by atoms with E-state index >= 15 is 0 Å². The van der Waals surface area contributed by atoms with Gasteiger partial charge in [0.05, 0.1) is 25.3 Å². The molecule has 6 heteroatoms. The normalized spacial score (nSPS) is 19.5. The summed E-state index contributed by atoms with van der Waals surface area (Å²) in [6, 6.07) is 19.1. The van der Waals surface area contributed by atoms with Gasteiger partial charge in [0.1, 0.15) is 11.9 Å². The predicted molar refractivity (Wildman–Crippen MR) is 134 cm³/mol. The van der Waals surface area contributed by atoms with Crippen LogP contribution in [-0.2, 0) is 0 Å². The summed E-state index contributed by atoms with van der Waals surface area (Å²) in [7, 11) is 0. The number of aromatic nitrogens is 2. The van der Waals surface area contributed by atoms with E-state index in [0.717, 1.165) is 12.1 Å². The average molecular weight is 457 g/mol. The van der Waals surface area contributed by atoms with E-state index in [1.165, 1.54) is 29.5 Å². The van der Waals surface area contributed by atoms with E-state index in [0.29, 0.717) is 24.2 Å². The predicted octanol–water partition coefficient (Wildman–Crippen LogP) is 4.46. The third-order valence-electron chi connectivity index (χ3n) is 6.63. The lowest BCUT2D eigenvalue weighted by Crippen LogP contribution is -2.32. The monoisotopic (exact) mass is 456 g/mol. The first kappa shape index (κ1) is 23.9. The van der Waals surface area contributed by atoms with Gasteiger partial charge in [-0.15, -0.1) is 0 Å². The van der Waals surface area contributed by atoms with Crippen molar-refractivity contribution in [2.24, 2.45) is 5.92 Å². The number of hydrogen-bond acceptors (Lipinski definition) is 5. The molecule has 1 unspecified atom stereocenters. The highest BCUT2D eigenvalue weighted by atomic mass is 16.3. The van der Waals surface area contributed by atoms with Crippen LogP contribution >= 0.6 is 0 Å². The molecule has 4 rings (SSSR count). The van der Waals surface area contributed by atoms with E-state index < -0.39 is 6.10 Å². The lowest BCUT2D eigenvalue weighted by molar-refractivity contribution is 0.175. The number of rotatable bonds is 10. The number of aliphatic hydroxyl groups is 2. The maximum Gasteiger partial charge on any atom is 0.137 e. The van der Waals surface area contributed by atoms with E-state index in [1.54, 1.807) is 23.9 Å². The van der Waals surface area contributed by atoms with Gasteiger partial charge >= 0.3 is 0 Å². The molecule has 1 aliphatic carbocycles. The molecule has 0 aliphatic heterocycles. The highest BCUT2D eigenvalue weighted by Gasteiger charge is 2.29. The van der Waals surface area contributed by atoms with E-state index in [4.69, 9.17) is 5.26 Å². The maximum absolute atomic E-state index is 9.88. The first-order chi connectivity index (χ1) is 16.6. The van der Waals surface area contributed by atoms with E-state index in [9.17, 15) is 10.2 Å². The van der Waals surface area contributed by atoms with Crippen LogP contribution in [0.25, 0.3) is 17.2 Å². The van der Waals surface area contributed by atoms with Crippen LogP contribution < -0.4 is 5.32 Å². The Balaban J connectivity index is 1.35. The third kappa shape index (κ3) is 5.63. The minimum absolute atomic E-state index is 0.0743. The highest BCUT2D eigenvalue weighted by Crippen LogP contribution is 2.41. The molecule has 1 fully saturated rings. The topological polar surface area (TPSA) is 94.1 Å². The summed E-state index contributed by atoms with van der Waals surface area (Å²) in [5.74, 6) is 1.84. The fraction of sp³-hybridized carbons (Fsp3) is 0.357. The minimum Gasteiger partial charge on any atom is -0.394 e. The summed E-state index contributed by atoms with van der Waals surface area (Å²) in [5.41, 5.74) is 4.80. The van der Waals surface area contributed by atoms with Crippen molar-refractivity contribution in [3.63, 3.8) is 0 Å². The van der Waals surface area contributed by atoms with E-state index in [-0.39, 0.29) is 12.6 Å². The molecule has 0 radical (unpaired) electrons. The minimum atomic E-state index is -0.694. The Labute approximate surface area is 201 Å². The number of hydrogen-bond donors (Lipinski definition) is 3. The summed E-state index contributed by atoms with van der Waals surface area (Å²) < 4.78 is 1.80. The fourth-order valence-corrected chi connectivity index (χ4v) is 4.63. The second kappa shape index (κ2) is 11.3. The standard InChI is InChI=1S/C28H32N4O2/c1-20(34)28-31-14-15-32(28)27(19-33)11-4-21-2-5-23(6-3-21)24-7-9-25(10-8-24)26-16-22(17-26)18-30-13-12-29/h2-11,14-15,20,22,26-27,30,33-34H,13,16-19H2,1H3/b11-4+/t20-,22?,26?,27?/m0/s1. The summed E-state index contributed by atoms with van der Waals surface area (Å²) in [6.07, 6.45) is 9.00. The molecule has 6 nitrogen and oxygen atoms in total. The van der Waals surface area contributed by atoms with Crippen LogP contribution in [0.5, 0.6) is 0 Å². The van der Waals surface area contributed by atoms with Crippen molar-refractivity contribution in [2.45, 2.75) is 37.8 Å². The Morgan fingerprint density at radius 3 is 2.44 bits per heavy atom. The van der Waals surface area contributed by atoms with Crippen molar-refractivity contribution in [3.05, 3.63) is 84.0 Å². The van der Waals surface area contributed by atoms with Gasteiger partial charge in [-0.05, 0) is 60.4 Å². The van der Waals surface area contributed by atoms with Gasteiger partial charge in [-0.2, -0.15) is 5.26 Å². The van der Waals surface area contributed by atoms with Gasteiger partial charge < -0.3 is 20.1 Å². The Morgan fingerprint density at radius 2 is 1.82 bits per heavy atom. The number of nitriles is 1. The van der Waals surface area contributed by atoms with Crippen LogP contribution in [0, 0.1) is 17.2 Å². The van der Waals surface area contributed by atoms with Crippen molar-refractivity contribution in [2.75, 3.05) is 19.7 Å². The van der Waals surface area contributed by atoms with Crippen molar-refractivity contribution in [1.82, 2.24) is 14.9 Å². The zero-order valence-electron chi connectivity index (χ0n) is 19.5. The fourth-order valence-electron chi connectivity index (χ4n) is 4.63. The molecule has 1 saturated carbocycles. The maximum atomic E-state index is 9.88.